The third kappa shape index (κ3) is 4.90. The third-order valence-electron chi connectivity index (χ3n) is 4.59. The van der Waals surface area contributed by atoms with Gasteiger partial charge in [0, 0.05) is 18.3 Å². The molecule has 0 saturated heterocycles. The van der Waals surface area contributed by atoms with Crippen LogP contribution in [-0.2, 0) is 6.54 Å². The summed E-state index contributed by atoms with van der Waals surface area (Å²) < 4.78 is 6.80. The first-order valence-corrected chi connectivity index (χ1v) is 9.67. The Morgan fingerprint density at radius 1 is 1.24 bits per heavy atom. The molecule has 8 nitrogen and oxygen atoms in total. The van der Waals surface area contributed by atoms with Crippen molar-refractivity contribution in [1.29, 1.82) is 0 Å². The number of rotatable bonds is 8. The zero-order valence-corrected chi connectivity index (χ0v) is 17.3. The molecule has 0 aliphatic heterocycles. The van der Waals surface area contributed by atoms with E-state index in [4.69, 9.17) is 16.3 Å². The van der Waals surface area contributed by atoms with Gasteiger partial charge in [-0.3, -0.25) is 9.69 Å². The fourth-order valence-corrected chi connectivity index (χ4v) is 3.24. The Morgan fingerprint density at radius 3 is 2.69 bits per heavy atom. The quantitative estimate of drug-likeness (QED) is 0.608. The number of hydrogen-bond acceptors (Lipinski definition) is 6. The van der Waals surface area contributed by atoms with E-state index in [0.717, 1.165) is 25.2 Å². The van der Waals surface area contributed by atoms with Gasteiger partial charge in [-0.15, -0.1) is 5.10 Å². The molecule has 0 saturated carbocycles. The molecule has 1 heterocycles. The van der Waals surface area contributed by atoms with E-state index < -0.39 is 0 Å². The van der Waals surface area contributed by atoms with E-state index in [0.29, 0.717) is 27.7 Å². The van der Waals surface area contributed by atoms with Gasteiger partial charge >= 0.3 is 0 Å². The smallest absolute Gasteiger partial charge is 0.259 e. The van der Waals surface area contributed by atoms with Gasteiger partial charge in [-0.05, 0) is 47.3 Å². The van der Waals surface area contributed by atoms with E-state index in [1.165, 1.54) is 18.1 Å². The van der Waals surface area contributed by atoms with Crippen molar-refractivity contribution in [1.82, 2.24) is 25.1 Å². The number of carbonyl (C=O) groups excluding carboxylic acids is 1. The lowest BCUT2D eigenvalue weighted by molar-refractivity contribution is 0.102. The van der Waals surface area contributed by atoms with Crippen LogP contribution in [0.2, 0.25) is 5.02 Å². The highest BCUT2D eigenvalue weighted by Gasteiger charge is 2.18. The van der Waals surface area contributed by atoms with E-state index in [9.17, 15) is 4.79 Å². The summed E-state index contributed by atoms with van der Waals surface area (Å²) in [5.74, 6) is 0.0590. The molecule has 0 bridgehead atoms. The van der Waals surface area contributed by atoms with Gasteiger partial charge in [-0.2, -0.15) is 4.68 Å². The molecule has 0 unspecified atom stereocenters. The molecule has 29 heavy (non-hydrogen) atoms. The predicted octanol–water partition coefficient (Wildman–Crippen LogP) is 3.42. The summed E-state index contributed by atoms with van der Waals surface area (Å²) in [5.41, 5.74) is 2.68. The summed E-state index contributed by atoms with van der Waals surface area (Å²) in [6, 6.07) is 11.0. The van der Waals surface area contributed by atoms with E-state index in [2.05, 4.69) is 39.6 Å². The zero-order chi connectivity index (χ0) is 20.8. The molecule has 1 aromatic heterocycles. The summed E-state index contributed by atoms with van der Waals surface area (Å²) in [5, 5.41) is 14.3. The number of nitrogens with one attached hydrogen (secondary N) is 1. The molecule has 0 spiro atoms. The number of halogens is 1. The maximum absolute atomic E-state index is 12.9. The topological polar surface area (TPSA) is 85.2 Å². The average molecular weight is 415 g/mol. The summed E-state index contributed by atoms with van der Waals surface area (Å²) in [6.07, 6.45) is 1.42. The van der Waals surface area contributed by atoms with Crippen molar-refractivity contribution in [2.75, 3.05) is 25.5 Å². The Morgan fingerprint density at radius 2 is 2.03 bits per heavy atom. The van der Waals surface area contributed by atoms with Crippen LogP contribution < -0.4 is 10.1 Å². The highest BCUT2D eigenvalue weighted by molar-refractivity contribution is 6.33. The summed E-state index contributed by atoms with van der Waals surface area (Å²) >= 11 is 6.35. The van der Waals surface area contributed by atoms with Crippen molar-refractivity contribution in [3.63, 3.8) is 0 Å². The van der Waals surface area contributed by atoms with Crippen molar-refractivity contribution in [2.24, 2.45) is 0 Å². The fourth-order valence-electron chi connectivity index (χ4n) is 2.99. The number of tetrazole rings is 1. The molecular formula is C20H23ClN6O2. The fraction of sp³-hybridized carbons (Fsp3) is 0.300. The molecule has 0 aliphatic rings. The monoisotopic (exact) mass is 414 g/mol. The molecule has 0 atom stereocenters. The SMILES string of the molecule is CCN(CC)Cc1cccc(NC(=O)c2cc(Cl)c(-n3cnnn3)cc2OC)c1. The molecule has 3 aromatic rings. The van der Waals surface area contributed by atoms with Gasteiger partial charge in [0.2, 0.25) is 0 Å². The highest BCUT2D eigenvalue weighted by atomic mass is 35.5. The van der Waals surface area contributed by atoms with Crippen molar-refractivity contribution in [3.05, 3.63) is 58.9 Å². The first kappa shape index (κ1) is 20.8. The summed E-state index contributed by atoms with van der Waals surface area (Å²) in [4.78, 5) is 15.2. The van der Waals surface area contributed by atoms with E-state index in [1.807, 2.05) is 24.3 Å². The second-order valence-corrected chi connectivity index (χ2v) is 6.78. The van der Waals surface area contributed by atoms with E-state index in [1.54, 1.807) is 12.1 Å². The Balaban J connectivity index is 1.83. The maximum Gasteiger partial charge on any atom is 0.259 e. The van der Waals surface area contributed by atoms with Gasteiger partial charge in [0.25, 0.3) is 5.91 Å². The third-order valence-corrected chi connectivity index (χ3v) is 4.90. The molecule has 2 aromatic carbocycles. The number of carbonyl (C=O) groups is 1. The molecule has 0 aliphatic carbocycles. The number of methoxy groups -OCH3 is 1. The standard InChI is InChI=1S/C20H23ClN6O2/c1-4-26(5-2)12-14-7-6-8-15(9-14)23-20(28)16-10-17(21)18(11-19(16)29-3)27-13-22-24-25-27/h6-11,13H,4-5,12H2,1-3H3,(H,23,28). The first-order chi connectivity index (χ1) is 14.0. The number of aromatic nitrogens is 4. The molecule has 3 rings (SSSR count). The number of nitrogens with zero attached hydrogens (tertiary/aromatic N) is 5. The summed E-state index contributed by atoms with van der Waals surface area (Å²) in [6.45, 7) is 7.02. The van der Waals surface area contributed by atoms with Crippen molar-refractivity contribution in [3.8, 4) is 11.4 Å². The zero-order valence-electron chi connectivity index (χ0n) is 16.6. The largest absolute Gasteiger partial charge is 0.496 e. The number of ether oxygens (including phenoxy) is 1. The Labute approximate surface area is 174 Å². The minimum atomic E-state index is -0.313. The summed E-state index contributed by atoms with van der Waals surface area (Å²) in [7, 11) is 1.49. The molecule has 0 radical (unpaired) electrons. The predicted molar refractivity (Wildman–Crippen MR) is 112 cm³/mol. The maximum atomic E-state index is 12.9. The van der Waals surface area contributed by atoms with Crippen molar-refractivity contribution < 1.29 is 9.53 Å². The highest BCUT2D eigenvalue weighted by Crippen LogP contribution is 2.30. The second-order valence-electron chi connectivity index (χ2n) is 6.37. The second kappa shape index (κ2) is 9.49. The normalized spacial score (nSPS) is 10.9. The minimum absolute atomic E-state index is 0.313. The number of anilines is 1. The van der Waals surface area contributed by atoms with Gasteiger partial charge in [-0.25, -0.2) is 0 Å². The first-order valence-electron chi connectivity index (χ1n) is 9.29. The van der Waals surface area contributed by atoms with Crippen LogP contribution >= 0.6 is 11.6 Å². The van der Waals surface area contributed by atoms with Crippen LogP contribution in [-0.4, -0.2) is 51.2 Å². The minimum Gasteiger partial charge on any atom is -0.496 e. The van der Waals surface area contributed by atoms with Crippen LogP contribution in [0.3, 0.4) is 0 Å². The lowest BCUT2D eigenvalue weighted by atomic mass is 10.1. The van der Waals surface area contributed by atoms with Crippen molar-refractivity contribution in [2.45, 2.75) is 20.4 Å². The number of benzene rings is 2. The van der Waals surface area contributed by atoms with Gasteiger partial charge in [0.15, 0.2) is 0 Å². The van der Waals surface area contributed by atoms with Gasteiger partial charge in [-0.1, -0.05) is 37.6 Å². The molecule has 1 amide bonds. The Kier molecular flexibility index (Phi) is 6.79. The van der Waals surface area contributed by atoms with Crippen LogP contribution in [0.4, 0.5) is 5.69 Å². The van der Waals surface area contributed by atoms with Crippen LogP contribution in [0.25, 0.3) is 5.69 Å². The molecule has 0 fully saturated rings. The Bertz CT molecular complexity index is 973. The van der Waals surface area contributed by atoms with E-state index in [-0.39, 0.29) is 5.91 Å². The van der Waals surface area contributed by atoms with Gasteiger partial charge in [0.1, 0.15) is 12.1 Å². The average Bonchev–Trinajstić information content (AvgIpc) is 3.26. The lowest BCUT2D eigenvalue weighted by Gasteiger charge is -2.18. The van der Waals surface area contributed by atoms with Gasteiger partial charge < -0.3 is 10.1 Å². The molecular weight excluding hydrogens is 392 g/mol. The van der Waals surface area contributed by atoms with Crippen molar-refractivity contribution >= 4 is 23.2 Å². The van der Waals surface area contributed by atoms with Crippen LogP contribution in [0.15, 0.2) is 42.7 Å². The number of hydrogen-bond donors (Lipinski definition) is 1. The Hall–Kier alpha value is -2.97. The molecule has 1 N–H and O–H groups in total. The molecule has 9 heteroatoms. The number of amides is 1. The van der Waals surface area contributed by atoms with Crippen LogP contribution in [0.1, 0.15) is 29.8 Å². The van der Waals surface area contributed by atoms with Crippen LogP contribution in [0, 0.1) is 0 Å². The lowest BCUT2D eigenvalue weighted by Crippen LogP contribution is -2.22. The molecule has 152 valence electrons. The van der Waals surface area contributed by atoms with Gasteiger partial charge in [0.05, 0.1) is 23.4 Å². The van der Waals surface area contributed by atoms with E-state index >= 15 is 0 Å². The van der Waals surface area contributed by atoms with Crippen LogP contribution in [0.5, 0.6) is 5.75 Å².